The van der Waals surface area contributed by atoms with E-state index in [2.05, 4.69) is 29.6 Å². The number of fused-ring (bicyclic) bond motifs is 3. The largest absolute Gasteiger partial charge is 0.465 e. The van der Waals surface area contributed by atoms with Crippen LogP contribution in [0.15, 0.2) is 83.6 Å². The van der Waals surface area contributed by atoms with Gasteiger partial charge in [0.1, 0.15) is 11.6 Å². The van der Waals surface area contributed by atoms with E-state index in [0.717, 1.165) is 32.0 Å². The number of benzene rings is 2. The SMILES string of the molecule is CC(C)(C)OC(=O)N[C@@H](CCCCN(CC1c2ccccc2-c2ccccc21)C(=O)O)C(=O)N(Cc1cccs1)Cc1cccs1. The van der Waals surface area contributed by atoms with E-state index < -0.39 is 23.8 Å². The summed E-state index contributed by atoms with van der Waals surface area (Å²) in [6, 6.07) is 23.5. The third-order valence-electron chi connectivity index (χ3n) is 7.96. The molecule has 0 saturated heterocycles. The monoisotopic (exact) mass is 659 g/mol. The van der Waals surface area contributed by atoms with Gasteiger partial charge in [0.2, 0.25) is 5.91 Å². The smallest absolute Gasteiger partial charge is 0.408 e. The van der Waals surface area contributed by atoms with Crippen LogP contribution in [0.3, 0.4) is 0 Å². The molecule has 0 unspecified atom stereocenters. The lowest BCUT2D eigenvalue weighted by molar-refractivity contribution is -0.135. The molecular weight excluding hydrogens is 619 g/mol. The second kappa shape index (κ2) is 15.0. The zero-order valence-corrected chi connectivity index (χ0v) is 28.1. The summed E-state index contributed by atoms with van der Waals surface area (Å²) in [6.07, 6.45) is -0.188. The lowest BCUT2D eigenvalue weighted by Gasteiger charge is -2.29. The number of hydrogen-bond acceptors (Lipinski definition) is 6. The summed E-state index contributed by atoms with van der Waals surface area (Å²) in [6.45, 7) is 6.87. The van der Waals surface area contributed by atoms with Crippen LogP contribution in [-0.2, 0) is 22.6 Å². The number of nitrogens with zero attached hydrogens (tertiary/aromatic N) is 2. The highest BCUT2D eigenvalue weighted by molar-refractivity contribution is 7.10. The van der Waals surface area contributed by atoms with Crippen molar-refractivity contribution in [3.8, 4) is 11.1 Å². The Labute approximate surface area is 278 Å². The number of carboxylic acid groups (broad SMARTS) is 1. The molecule has 5 rings (SSSR count). The van der Waals surface area contributed by atoms with Gasteiger partial charge in [-0.15, -0.1) is 22.7 Å². The average molecular weight is 660 g/mol. The predicted octanol–water partition coefficient (Wildman–Crippen LogP) is 8.19. The maximum atomic E-state index is 14.1. The Morgan fingerprint density at radius 2 is 1.39 bits per heavy atom. The minimum absolute atomic E-state index is 0.0466. The highest BCUT2D eigenvalue weighted by Crippen LogP contribution is 2.44. The Kier molecular flexibility index (Phi) is 10.8. The number of unbranched alkanes of at least 4 members (excludes halogenated alkanes) is 1. The molecule has 0 aliphatic heterocycles. The summed E-state index contributed by atoms with van der Waals surface area (Å²) in [4.78, 5) is 44.7. The van der Waals surface area contributed by atoms with Crippen LogP contribution in [0.25, 0.3) is 11.1 Å². The van der Waals surface area contributed by atoms with Crippen molar-refractivity contribution in [1.82, 2.24) is 15.1 Å². The molecule has 0 fully saturated rings. The van der Waals surface area contributed by atoms with Gasteiger partial charge in [0.05, 0.1) is 13.1 Å². The number of rotatable bonds is 13. The summed E-state index contributed by atoms with van der Waals surface area (Å²) < 4.78 is 5.52. The Hall–Kier alpha value is -4.15. The van der Waals surface area contributed by atoms with Crippen LogP contribution in [0.4, 0.5) is 9.59 Å². The van der Waals surface area contributed by atoms with E-state index in [4.69, 9.17) is 4.74 Å². The zero-order valence-electron chi connectivity index (χ0n) is 26.5. The van der Waals surface area contributed by atoms with E-state index in [9.17, 15) is 19.5 Å². The summed E-state index contributed by atoms with van der Waals surface area (Å²) in [7, 11) is 0. The third-order valence-corrected chi connectivity index (χ3v) is 9.68. The molecule has 2 aromatic heterocycles. The fourth-order valence-electron chi connectivity index (χ4n) is 5.91. The number of alkyl carbamates (subject to hydrolysis) is 1. The topological polar surface area (TPSA) is 99.2 Å². The molecule has 10 heteroatoms. The van der Waals surface area contributed by atoms with E-state index in [0.29, 0.717) is 45.4 Å². The third kappa shape index (κ3) is 8.55. The number of carbonyl (C=O) groups is 3. The van der Waals surface area contributed by atoms with Crippen molar-refractivity contribution in [2.24, 2.45) is 0 Å². The number of hydrogen-bond donors (Lipinski definition) is 2. The minimum Gasteiger partial charge on any atom is -0.465 e. The molecule has 1 aliphatic rings. The van der Waals surface area contributed by atoms with Crippen molar-refractivity contribution in [3.63, 3.8) is 0 Å². The molecule has 0 spiro atoms. The van der Waals surface area contributed by atoms with Crippen LogP contribution in [0, 0.1) is 0 Å². The van der Waals surface area contributed by atoms with Crippen molar-refractivity contribution in [2.75, 3.05) is 13.1 Å². The van der Waals surface area contributed by atoms with Gasteiger partial charge in [0.25, 0.3) is 0 Å². The van der Waals surface area contributed by atoms with Gasteiger partial charge in [0, 0.05) is 28.8 Å². The number of thiophene rings is 2. The molecule has 4 aromatic rings. The van der Waals surface area contributed by atoms with Gasteiger partial charge in [-0.1, -0.05) is 60.7 Å². The standard InChI is InChI=1S/C36H41N3O5S2/c1-36(2,3)44-34(41)37-32(33(40)39(22-25-12-10-20-45-25)23-26-13-11-21-46-26)18-8-9-19-38(35(42)43)24-31-29-16-6-4-14-27(29)28-15-5-7-17-30(28)31/h4-7,10-17,20-21,31-32H,8-9,18-19,22-24H2,1-3H3,(H,37,41)(H,42,43)/t32-/m0/s1. The maximum Gasteiger partial charge on any atom is 0.408 e. The van der Waals surface area contributed by atoms with Gasteiger partial charge in [-0.2, -0.15) is 0 Å². The minimum atomic E-state index is -0.973. The first-order chi connectivity index (χ1) is 22.1. The van der Waals surface area contributed by atoms with Crippen LogP contribution in [0.1, 0.15) is 66.8 Å². The predicted molar refractivity (Wildman–Crippen MR) is 183 cm³/mol. The van der Waals surface area contributed by atoms with Gasteiger partial charge >= 0.3 is 12.2 Å². The molecule has 242 valence electrons. The summed E-state index contributed by atoms with van der Waals surface area (Å²) in [5.74, 6) is -0.239. The van der Waals surface area contributed by atoms with Crippen LogP contribution in [0.2, 0.25) is 0 Å². The normalized spacial score (nSPS) is 13.0. The maximum absolute atomic E-state index is 14.1. The van der Waals surface area contributed by atoms with Crippen LogP contribution >= 0.6 is 22.7 Å². The highest BCUT2D eigenvalue weighted by atomic mass is 32.1. The van der Waals surface area contributed by atoms with Crippen molar-refractivity contribution >= 4 is 40.8 Å². The fourth-order valence-corrected chi connectivity index (χ4v) is 7.35. The average Bonchev–Trinajstić information content (AvgIpc) is 3.78. The molecule has 0 radical (unpaired) electrons. The van der Waals surface area contributed by atoms with Crippen molar-refractivity contribution in [2.45, 2.75) is 70.7 Å². The second-order valence-corrected chi connectivity index (χ2v) is 14.6. The first-order valence-corrected chi connectivity index (χ1v) is 17.3. The highest BCUT2D eigenvalue weighted by Gasteiger charge is 2.32. The lowest BCUT2D eigenvalue weighted by Crippen LogP contribution is -2.49. The first-order valence-electron chi connectivity index (χ1n) is 15.6. The number of nitrogens with one attached hydrogen (secondary N) is 1. The molecule has 8 nitrogen and oxygen atoms in total. The van der Waals surface area contributed by atoms with Gasteiger partial charge < -0.3 is 25.0 Å². The molecule has 3 amide bonds. The Balaban J connectivity index is 1.27. The van der Waals surface area contributed by atoms with E-state index >= 15 is 0 Å². The van der Waals surface area contributed by atoms with Gasteiger partial charge in [-0.3, -0.25) is 4.79 Å². The summed E-state index contributed by atoms with van der Waals surface area (Å²) in [5, 5.41) is 17.0. The second-order valence-electron chi connectivity index (χ2n) is 12.5. The quantitative estimate of drug-likeness (QED) is 0.141. The molecule has 2 heterocycles. The molecular formula is C36H41N3O5S2. The first kappa shape index (κ1) is 33.2. The summed E-state index contributed by atoms with van der Waals surface area (Å²) >= 11 is 3.17. The number of amides is 3. The lowest BCUT2D eigenvalue weighted by atomic mass is 9.96. The van der Waals surface area contributed by atoms with E-state index in [1.165, 1.54) is 4.90 Å². The van der Waals surface area contributed by atoms with Crippen molar-refractivity contribution in [3.05, 3.63) is 104 Å². The van der Waals surface area contributed by atoms with Gasteiger partial charge in [0.15, 0.2) is 0 Å². The molecule has 0 saturated carbocycles. The number of ether oxygens (including phenoxy) is 1. The van der Waals surface area contributed by atoms with E-state index in [1.54, 1.807) is 48.3 Å². The molecule has 2 aromatic carbocycles. The van der Waals surface area contributed by atoms with E-state index in [-0.39, 0.29) is 11.8 Å². The fraction of sp³-hybridized carbons (Fsp3) is 0.361. The van der Waals surface area contributed by atoms with E-state index in [1.807, 2.05) is 59.3 Å². The molecule has 1 atom stereocenters. The number of carbonyl (C=O) groups excluding carboxylic acids is 2. The van der Waals surface area contributed by atoms with Crippen LogP contribution < -0.4 is 5.32 Å². The van der Waals surface area contributed by atoms with Crippen LogP contribution in [-0.4, -0.2) is 57.7 Å². The summed E-state index contributed by atoms with van der Waals surface area (Å²) in [5.41, 5.74) is 3.86. The Morgan fingerprint density at radius 3 is 1.89 bits per heavy atom. The molecule has 0 bridgehead atoms. The van der Waals surface area contributed by atoms with Gasteiger partial charge in [-0.25, -0.2) is 9.59 Å². The van der Waals surface area contributed by atoms with Gasteiger partial charge in [-0.05, 0) is 85.2 Å². The van der Waals surface area contributed by atoms with Crippen molar-refractivity contribution in [1.29, 1.82) is 0 Å². The molecule has 1 aliphatic carbocycles. The molecule has 2 N–H and O–H groups in total. The van der Waals surface area contributed by atoms with Crippen molar-refractivity contribution < 1.29 is 24.2 Å². The zero-order chi connectivity index (χ0) is 32.7. The van der Waals surface area contributed by atoms with Crippen LogP contribution in [0.5, 0.6) is 0 Å². The molecule has 46 heavy (non-hydrogen) atoms. The Morgan fingerprint density at radius 1 is 0.826 bits per heavy atom. The Bertz CT molecular complexity index is 1530.